The van der Waals surface area contributed by atoms with Gasteiger partial charge in [-0.25, -0.2) is 4.98 Å². The molecule has 0 amide bonds. The molecule has 0 bridgehead atoms. The zero-order valence-electron chi connectivity index (χ0n) is 22.8. The van der Waals surface area contributed by atoms with Crippen molar-refractivity contribution in [3.63, 3.8) is 0 Å². The van der Waals surface area contributed by atoms with E-state index in [1.807, 2.05) is 6.07 Å². The molecule has 0 aliphatic rings. The van der Waals surface area contributed by atoms with E-state index in [1.54, 1.807) is 0 Å². The van der Waals surface area contributed by atoms with Gasteiger partial charge in [0.15, 0.2) is 0 Å². The lowest BCUT2D eigenvalue weighted by atomic mass is 10.0. The minimum Gasteiger partial charge on any atom is -0.309 e. The van der Waals surface area contributed by atoms with Crippen molar-refractivity contribution in [3.8, 4) is 22.8 Å². The number of aromatic nitrogens is 3. The summed E-state index contributed by atoms with van der Waals surface area (Å²) in [7, 11) is 0. The predicted octanol–water partition coefficient (Wildman–Crippen LogP) is 10.1. The largest absolute Gasteiger partial charge is 0.309 e. The van der Waals surface area contributed by atoms with Gasteiger partial charge in [-0.15, -0.1) is 0 Å². The first-order valence-electron chi connectivity index (χ1n) is 14.3. The third-order valence-electron chi connectivity index (χ3n) is 8.49. The molecule has 0 N–H and O–H groups in total. The minimum absolute atomic E-state index is 0.915. The van der Waals surface area contributed by atoms with Gasteiger partial charge in [-0.1, -0.05) is 103 Å². The molecule has 6 aromatic carbocycles. The highest BCUT2D eigenvalue weighted by molar-refractivity contribution is 6.22. The van der Waals surface area contributed by atoms with Crippen LogP contribution in [-0.4, -0.2) is 14.1 Å². The van der Waals surface area contributed by atoms with Crippen LogP contribution in [0.5, 0.6) is 0 Å². The molecule has 0 aliphatic heterocycles. The lowest BCUT2D eigenvalue weighted by molar-refractivity contribution is 1.08. The normalized spacial score (nSPS) is 11.8. The van der Waals surface area contributed by atoms with Crippen molar-refractivity contribution in [3.05, 3.63) is 152 Å². The van der Waals surface area contributed by atoms with Crippen LogP contribution in [0.15, 0.2) is 152 Å². The Morgan fingerprint density at radius 3 is 1.86 bits per heavy atom. The van der Waals surface area contributed by atoms with E-state index in [-0.39, 0.29) is 0 Å². The monoisotopic (exact) mass is 535 g/mol. The third kappa shape index (κ3) is 3.31. The summed E-state index contributed by atoms with van der Waals surface area (Å²) in [5.41, 5.74) is 7.98. The summed E-state index contributed by atoms with van der Waals surface area (Å²) in [6.07, 6.45) is 0. The molecule has 3 heteroatoms. The third-order valence-corrected chi connectivity index (χ3v) is 8.49. The highest BCUT2D eigenvalue weighted by Gasteiger charge is 2.19. The Morgan fingerprint density at radius 2 is 1.07 bits per heavy atom. The molecule has 0 saturated carbocycles. The fourth-order valence-electron chi connectivity index (χ4n) is 6.66. The summed E-state index contributed by atoms with van der Waals surface area (Å²) in [6, 6.07) is 54.1. The number of nitrogens with zero attached hydrogens (tertiary/aromatic N) is 3. The topological polar surface area (TPSA) is 22.8 Å². The molecule has 42 heavy (non-hydrogen) atoms. The number of benzene rings is 6. The smallest absolute Gasteiger partial charge is 0.138 e. The second-order valence-corrected chi connectivity index (χ2v) is 10.8. The van der Waals surface area contributed by atoms with Crippen LogP contribution in [-0.2, 0) is 0 Å². The van der Waals surface area contributed by atoms with Crippen LogP contribution in [0.25, 0.3) is 77.1 Å². The van der Waals surface area contributed by atoms with E-state index in [9.17, 15) is 0 Å². The molecule has 3 nitrogen and oxygen atoms in total. The lowest BCUT2D eigenvalue weighted by Gasteiger charge is -2.12. The fraction of sp³-hybridized carbons (Fsp3) is 0. The van der Waals surface area contributed by atoms with E-state index in [0.717, 1.165) is 33.8 Å². The van der Waals surface area contributed by atoms with Gasteiger partial charge in [-0.2, -0.15) is 0 Å². The van der Waals surface area contributed by atoms with Crippen molar-refractivity contribution in [2.75, 3.05) is 0 Å². The standard InChI is InChI=1S/C39H25N3/c1-3-12-26(13-4-1)34-18-11-21-38(40-34)42-36-20-10-8-17-30(36)33-24-27-22-23-31-29-16-7-9-19-35(29)41(28-14-5-2-6-15-28)39(31)32(27)25-37(33)42/h1-25H. The fourth-order valence-corrected chi connectivity index (χ4v) is 6.66. The van der Waals surface area contributed by atoms with Crippen LogP contribution in [0.1, 0.15) is 0 Å². The van der Waals surface area contributed by atoms with Crippen molar-refractivity contribution < 1.29 is 0 Å². The van der Waals surface area contributed by atoms with Crippen LogP contribution in [0.4, 0.5) is 0 Å². The molecule has 0 saturated heterocycles. The molecule has 196 valence electrons. The molecular weight excluding hydrogens is 510 g/mol. The van der Waals surface area contributed by atoms with Crippen molar-refractivity contribution in [2.45, 2.75) is 0 Å². The van der Waals surface area contributed by atoms with Crippen LogP contribution in [0.3, 0.4) is 0 Å². The Morgan fingerprint density at radius 1 is 0.405 bits per heavy atom. The van der Waals surface area contributed by atoms with E-state index in [1.165, 1.54) is 43.4 Å². The van der Waals surface area contributed by atoms with Crippen molar-refractivity contribution in [1.29, 1.82) is 0 Å². The molecule has 0 atom stereocenters. The maximum atomic E-state index is 5.19. The molecule has 0 aliphatic carbocycles. The van der Waals surface area contributed by atoms with Gasteiger partial charge >= 0.3 is 0 Å². The number of pyridine rings is 1. The molecule has 9 rings (SSSR count). The van der Waals surface area contributed by atoms with Crippen LogP contribution >= 0.6 is 0 Å². The summed E-state index contributed by atoms with van der Waals surface area (Å²) in [4.78, 5) is 5.19. The Balaban J connectivity index is 1.42. The molecule has 0 fully saturated rings. The molecule has 3 heterocycles. The summed E-state index contributed by atoms with van der Waals surface area (Å²) >= 11 is 0. The maximum Gasteiger partial charge on any atom is 0.138 e. The summed E-state index contributed by atoms with van der Waals surface area (Å²) in [5, 5.41) is 7.42. The van der Waals surface area contributed by atoms with E-state index >= 15 is 0 Å². The van der Waals surface area contributed by atoms with Crippen molar-refractivity contribution >= 4 is 54.4 Å². The van der Waals surface area contributed by atoms with Gasteiger partial charge in [0.1, 0.15) is 5.82 Å². The Hall–Kier alpha value is -5.67. The Bertz CT molecular complexity index is 2450. The average Bonchev–Trinajstić information content (AvgIpc) is 3.57. The zero-order valence-corrected chi connectivity index (χ0v) is 22.8. The van der Waals surface area contributed by atoms with Gasteiger partial charge in [-0.3, -0.25) is 4.57 Å². The van der Waals surface area contributed by atoms with Crippen molar-refractivity contribution in [1.82, 2.24) is 14.1 Å². The van der Waals surface area contributed by atoms with E-state index in [2.05, 4.69) is 155 Å². The van der Waals surface area contributed by atoms with Crippen LogP contribution in [0.2, 0.25) is 0 Å². The number of fused-ring (bicyclic) bond motifs is 8. The number of para-hydroxylation sites is 3. The molecular formula is C39H25N3. The first-order chi connectivity index (χ1) is 20.8. The van der Waals surface area contributed by atoms with Gasteiger partial charge in [0.05, 0.1) is 27.8 Å². The minimum atomic E-state index is 0.915. The second kappa shape index (κ2) is 8.92. The molecule has 0 unspecified atom stereocenters. The summed E-state index contributed by atoms with van der Waals surface area (Å²) in [6.45, 7) is 0. The van der Waals surface area contributed by atoms with E-state index in [4.69, 9.17) is 4.98 Å². The predicted molar refractivity (Wildman–Crippen MR) is 176 cm³/mol. The van der Waals surface area contributed by atoms with Gasteiger partial charge in [0, 0.05) is 38.2 Å². The number of hydrogen-bond acceptors (Lipinski definition) is 1. The average molecular weight is 536 g/mol. The first kappa shape index (κ1) is 23.1. The summed E-state index contributed by atoms with van der Waals surface area (Å²) in [5.74, 6) is 0.915. The van der Waals surface area contributed by atoms with Gasteiger partial charge in [-0.05, 0) is 53.9 Å². The van der Waals surface area contributed by atoms with Crippen LogP contribution < -0.4 is 0 Å². The first-order valence-corrected chi connectivity index (χ1v) is 14.3. The van der Waals surface area contributed by atoms with Gasteiger partial charge in [0.2, 0.25) is 0 Å². The molecule has 3 aromatic heterocycles. The van der Waals surface area contributed by atoms with E-state index in [0.29, 0.717) is 0 Å². The molecule has 0 radical (unpaired) electrons. The van der Waals surface area contributed by atoms with Crippen molar-refractivity contribution in [2.24, 2.45) is 0 Å². The maximum absolute atomic E-state index is 5.19. The lowest BCUT2D eigenvalue weighted by Crippen LogP contribution is -1.98. The number of hydrogen-bond donors (Lipinski definition) is 0. The summed E-state index contributed by atoms with van der Waals surface area (Å²) < 4.78 is 4.74. The highest BCUT2D eigenvalue weighted by atomic mass is 15.1. The van der Waals surface area contributed by atoms with Gasteiger partial charge in [0.25, 0.3) is 0 Å². The van der Waals surface area contributed by atoms with E-state index < -0.39 is 0 Å². The zero-order chi connectivity index (χ0) is 27.6. The quantitative estimate of drug-likeness (QED) is 0.221. The van der Waals surface area contributed by atoms with Gasteiger partial charge < -0.3 is 4.57 Å². The highest BCUT2D eigenvalue weighted by Crippen LogP contribution is 2.40. The SMILES string of the molecule is c1ccc(-c2cccc(-n3c4ccccc4c4cc5ccc6c7ccccc7n(-c7ccccc7)c6c5cc43)n2)cc1. The number of rotatable bonds is 3. The van der Waals surface area contributed by atoms with Crippen LogP contribution in [0, 0.1) is 0 Å². The second-order valence-electron chi connectivity index (χ2n) is 10.8. The molecule has 0 spiro atoms. The Labute approximate surface area is 242 Å². The molecule has 9 aromatic rings. The Kier molecular flexibility index (Phi) is 4.90.